The lowest BCUT2D eigenvalue weighted by molar-refractivity contribution is 0.102. The van der Waals surface area contributed by atoms with Crippen molar-refractivity contribution in [2.45, 2.75) is 12.1 Å². The van der Waals surface area contributed by atoms with Crippen molar-refractivity contribution in [3.8, 4) is 5.75 Å². The van der Waals surface area contributed by atoms with Gasteiger partial charge in [0.1, 0.15) is 5.75 Å². The Morgan fingerprint density at radius 1 is 1.23 bits per heavy atom. The number of nitrogen functional groups attached to an aromatic ring is 1. The quantitative estimate of drug-likeness (QED) is 0.179. The molecule has 30 heavy (non-hydrogen) atoms. The van der Waals surface area contributed by atoms with Crippen molar-refractivity contribution in [1.29, 1.82) is 0 Å². The summed E-state index contributed by atoms with van der Waals surface area (Å²) in [6, 6.07) is 16.9. The highest BCUT2D eigenvalue weighted by Gasteiger charge is 2.13. The normalized spacial score (nSPS) is 11.6. The summed E-state index contributed by atoms with van der Waals surface area (Å²) < 4.78 is 6.41. The Morgan fingerprint density at radius 2 is 2.03 bits per heavy atom. The number of ketones is 1. The SMILES string of the molecule is COc1cccc(C(=O)CSc2nnc(N/N=C(C)/C=C/c3ccccc3)n2N)c1. The molecule has 3 N–H and O–H groups in total. The smallest absolute Gasteiger partial charge is 0.264 e. The van der Waals surface area contributed by atoms with Crippen LogP contribution < -0.4 is 16.0 Å². The van der Waals surface area contributed by atoms with Gasteiger partial charge in [-0.3, -0.25) is 4.79 Å². The van der Waals surface area contributed by atoms with E-state index in [1.807, 2.05) is 49.4 Å². The van der Waals surface area contributed by atoms with Crippen LogP contribution in [-0.2, 0) is 0 Å². The molecule has 9 heteroatoms. The number of hydrazone groups is 1. The molecule has 0 atom stereocenters. The number of Topliss-reactive ketones (excluding diaryl/α,β-unsaturated/α-hetero) is 1. The Kier molecular flexibility index (Phi) is 7.23. The van der Waals surface area contributed by atoms with Crippen molar-refractivity contribution in [2.24, 2.45) is 5.10 Å². The summed E-state index contributed by atoms with van der Waals surface area (Å²) in [7, 11) is 1.56. The van der Waals surface area contributed by atoms with Crippen molar-refractivity contribution in [2.75, 3.05) is 24.1 Å². The van der Waals surface area contributed by atoms with Gasteiger partial charge in [-0.2, -0.15) is 5.10 Å². The zero-order valence-electron chi connectivity index (χ0n) is 16.6. The number of anilines is 1. The van der Waals surface area contributed by atoms with Gasteiger partial charge in [-0.25, -0.2) is 10.1 Å². The third-order valence-electron chi connectivity index (χ3n) is 4.04. The molecule has 0 spiro atoms. The Labute approximate surface area is 178 Å². The molecule has 0 radical (unpaired) electrons. The fourth-order valence-electron chi connectivity index (χ4n) is 2.42. The van der Waals surface area contributed by atoms with Crippen LogP contribution in [0.4, 0.5) is 5.95 Å². The van der Waals surface area contributed by atoms with E-state index < -0.39 is 0 Å². The number of hydrogen-bond acceptors (Lipinski definition) is 8. The molecule has 0 unspecified atom stereocenters. The van der Waals surface area contributed by atoms with Crippen LogP contribution in [0.1, 0.15) is 22.8 Å². The maximum absolute atomic E-state index is 12.4. The minimum absolute atomic E-state index is 0.0590. The van der Waals surface area contributed by atoms with E-state index in [9.17, 15) is 4.79 Å². The van der Waals surface area contributed by atoms with Crippen LogP contribution in [0, 0.1) is 0 Å². The number of nitrogens with two attached hydrogens (primary N) is 1. The highest BCUT2D eigenvalue weighted by molar-refractivity contribution is 7.99. The molecule has 0 aliphatic heterocycles. The second kappa shape index (κ2) is 10.3. The van der Waals surface area contributed by atoms with Gasteiger partial charge >= 0.3 is 0 Å². The fraction of sp³-hybridized carbons (Fsp3) is 0.143. The zero-order valence-corrected chi connectivity index (χ0v) is 17.5. The summed E-state index contributed by atoms with van der Waals surface area (Å²) in [5, 5.41) is 12.6. The monoisotopic (exact) mass is 422 g/mol. The van der Waals surface area contributed by atoms with Gasteiger partial charge in [-0.1, -0.05) is 60.3 Å². The van der Waals surface area contributed by atoms with E-state index in [2.05, 4.69) is 20.7 Å². The van der Waals surface area contributed by atoms with E-state index in [1.54, 1.807) is 31.4 Å². The van der Waals surface area contributed by atoms with Gasteiger partial charge in [-0.05, 0) is 30.7 Å². The molecule has 0 fully saturated rings. The van der Waals surface area contributed by atoms with Crippen molar-refractivity contribution in [3.63, 3.8) is 0 Å². The predicted molar refractivity (Wildman–Crippen MR) is 120 cm³/mol. The van der Waals surface area contributed by atoms with E-state index in [-0.39, 0.29) is 17.5 Å². The summed E-state index contributed by atoms with van der Waals surface area (Å²) in [5.74, 6) is 7.04. The highest BCUT2D eigenvalue weighted by atomic mass is 32.2. The van der Waals surface area contributed by atoms with Gasteiger partial charge in [0.2, 0.25) is 5.16 Å². The first kappa shape index (κ1) is 21.1. The van der Waals surface area contributed by atoms with Crippen LogP contribution in [0.15, 0.2) is 70.9 Å². The molecule has 0 aliphatic carbocycles. The number of benzene rings is 2. The summed E-state index contributed by atoms with van der Waals surface area (Å²) in [6.45, 7) is 1.85. The molecule has 0 aliphatic rings. The maximum Gasteiger partial charge on any atom is 0.264 e. The molecular formula is C21H22N6O2S. The first-order valence-electron chi connectivity index (χ1n) is 9.11. The first-order valence-corrected chi connectivity index (χ1v) is 10.1. The number of methoxy groups -OCH3 is 1. The first-order chi connectivity index (χ1) is 14.6. The Morgan fingerprint density at radius 3 is 2.80 bits per heavy atom. The zero-order chi connectivity index (χ0) is 21.3. The molecule has 1 aromatic heterocycles. The number of nitrogens with one attached hydrogen (secondary N) is 1. The predicted octanol–water partition coefficient (Wildman–Crippen LogP) is 3.48. The number of carbonyl (C=O) groups excluding carboxylic acids is 1. The summed E-state index contributed by atoms with van der Waals surface area (Å²) in [4.78, 5) is 12.4. The van der Waals surface area contributed by atoms with Crippen molar-refractivity contribution in [3.05, 3.63) is 71.8 Å². The molecule has 1 heterocycles. The molecule has 0 amide bonds. The van der Waals surface area contributed by atoms with Crippen LogP contribution in [0.25, 0.3) is 6.08 Å². The van der Waals surface area contributed by atoms with Gasteiger partial charge < -0.3 is 10.6 Å². The lowest BCUT2D eigenvalue weighted by atomic mass is 10.1. The Bertz CT molecular complexity index is 1060. The van der Waals surface area contributed by atoms with Crippen LogP contribution >= 0.6 is 11.8 Å². The van der Waals surface area contributed by atoms with E-state index in [0.717, 1.165) is 11.3 Å². The Hall–Kier alpha value is -3.59. The number of nitrogens with zero attached hydrogens (tertiary/aromatic N) is 4. The molecule has 3 aromatic rings. The summed E-state index contributed by atoms with van der Waals surface area (Å²) in [6.07, 6.45) is 3.83. The topological polar surface area (TPSA) is 107 Å². The standard InChI is InChI=1S/C21H22N6O2S/c1-15(11-12-16-7-4-3-5-8-16)23-24-20-25-26-21(27(20)22)30-14-19(28)17-9-6-10-18(13-17)29-2/h3-13H,14,22H2,1-2H3,(H,24,25)/b12-11+,23-15+. The molecular weight excluding hydrogens is 400 g/mol. The minimum atomic E-state index is -0.0590. The van der Waals surface area contributed by atoms with Gasteiger partial charge in [-0.15, -0.1) is 10.2 Å². The van der Waals surface area contributed by atoms with Gasteiger partial charge in [0.15, 0.2) is 5.78 Å². The second-order valence-electron chi connectivity index (χ2n) is 6.23. The largest absolute Gasteiger partial charge is 0.497 e. The lowest BCUT2D eigenvalue weighted by Gasteiger charge is -2.04. The molecule has 8 nitrogen and oxygen atoms in total. The van der Waals surface area contributed by atoms with Crippen LogP contribution in [0.3, 0.4) is 0 Å². The molecule has 2 aromatic carbocycles. The minimum Gasteiger partial charge on any atom is -0.497 e. The van der Waals surface area contributed by atoms with E-state index in [0.29, 0.717) is 16.5 Å². The van der Waals surface area contributed by atoms with Gasteiger partial charge in [0.25, 0.3) is 5.95 Å². The van der Waals surface area contributed by atoms with Crippen molar-refractivity contribution < 1.29 is 9.53 Å². The van der Waals surface area contributed by atoms with E-state index in [1.165, 1.54) is 16.4 Å². The third kappa shape index (κ3) is 5.71. The second-order valence-corrected chi connectivity index (χ2v) is 7.17. The summed E-state index contributed by atoms with van der Waals surface area (Å²) >= 11 is 1.20. The molecule has 0 saturated carbocycles. The van der Waals surface area contributed by atoms with Gasteiger partial charge in [0, 0.05) is 5.56 Å². The highest BCUT2D eigenvalue weighted by Crippen LogP contribution is 2.20. The Balaban J connectivity index is 1.57. The number of ether oxygens (including phenoxy) is 1. The lowest BCUT2D eigenvalue weighted by Crippen LogP contribution is -2.14. The number of hydrogen-bond donors (Lipinski definition) is 2. The van der Waals surface area contributed by atoms with E-state index >= 15 is 0 Å². The third-order valence-corrected chi connectivity index (χ3v) is 4.98. The van der Waals surface area contributed by atoms with Crippen LogP contribution in [-0.4, -0.2) is 39.2 Å². The average molecular weight is 423 g/mol. The number of aromatic nitrogens is 3. The fourth-order valence-corrected chi connectivity index (χ4v) is 3.17. The average Bonchev–Trinajstić information content (AvgIpc) is 3.14. The molecule has 0 bridgehead atoms. The van der Waals surface area contributed by atoms with Crippen LogP contribution in [0.2, 0.25) is 0 Å². The van der Waals surface area contributed by atoms with Crippen molar-refractivity contribution in [1.82, 2.24) is 14.9 Å². The number of rotatable bonds is 9. The number of allylic oxidation sites excluding steroid dienone is 1. The van der Waals surface area contributed by atoms with Crippen LogP contribution in [0.5, 0.6) is 5.75 Å². The molecule has 154 valence electrons. The number of thioether (sulfide) groups is 1. The van der Waals surface area contributed by atoms with E-state index in [4.69, 9.17) is 10.6 Å². The molecule has 0 saturated heterocycles. The van der Waals surface area contributed by atoms with Gasteiger partial charge in [0.05, 0.1) is 18.6 Å². The van der Waals surface area contributed by atoms with Crippen molar-refractivity contribution >= 4 is 35.3 Å². The summed E-state index contributed by atoms with van der Waals surface area (Å²) in [5.41, 5.74) is 5.17. The maximum atomic E-state index is 12.4. The number of carbonyl (C=O) groups is 1. The molecule has 3 rings (SSSR count).